The lowest BCUT2D eigenvalue weighted by Gasteiger charge is -2.34. The minimum Gasteiger partial charge on any atom is -0.480 e. The van der Waals surface area contributed by atoms with E-state index in [4.69, 9.17) is 78.6 Å². The molecule has 0 spiro atoms. The average Bonchev–Trinajstić information content (AvgIpc) is 3.99. The highest BCUT2D eigenvalue weighted by Crippen LogP contribution is 2.33. The van der Waals surface area contributed by atoms with Gasteiger partial charge in [-0.15, -0.1) is 11.8 Å². The molecule has 2 amide bonds. The summed E-state index contributed by atoms with van der Waals surface area (Å²) in [6.07, 6.45) is 1.99. The van der Waals surface area contributed by atoms with Crippen LogP contribution in [0.2, 0.25) is 0 Å². The topological polar surface area (TPSA) is 306 Å². The maximum absolute atomic E-state index is 12.4. The van der Waals surface area contributed by atoms with Gasteiger partial charge in [0.1, 0.15) is 24.0 Å². The molecule has 25 nitrogen and oxygen atoms in total. The van der Waals surface area contributed by atoms with Crippen LogP contribution in [0.3, 0.4) is 0 Å². The molecule has 2 fully saturated rings. The number of imidazole rings is 1. The molecule has 4 heterocycles. The summed E-state index contributed by atoms with van der Waals surface area (Å²) in [6, 6.07) is 5.28. The zero-order valence-electron chi connectivity index (χ0n) is 47.1. The molecule has 1 unspecified atom stereocenters. The number of aromatic nitrogens is 3. The van der Waals surface area contributed by atoms with Crippen molar-refractivity contribution in [3.63, 3.8) is 0 Å². The van der Waals surface area contributed by atoms with E-state index in [2.05, 4.69) is 28.0 Å². The van der Waals surface area contributed by atoms with Crippen molar-refractivity contribution in [1.29, 1.82) is 0 Å². The number of pyridine rings is 1. The number of nitrogens with two attached hydrogens (primary N) is 2. The van der Waals surface area contributed by atoms with E-state index in [9.17, 15) is 24.6 Å². The summed E-state index contributed by atoms with van der Waals surface area (Å²) < 4.78 is 63.4. The van der Waals surface area contributed by atoms with Crippen LogP contribution in [0.15, 0.2) is 18.2 Å². The number of fused-ring (bicyclic) bond motifs is 3. The summed E-state index contributed by atoms with van der Waals surface area (Å²) in [5.74, 6) is -0.702. The predicted molar refractivity (Wildman–Crippen MR) is 300 cm³/mol. The van der Waals surface area contributed by atoms with Crippen molar-refractivity contribution in [2.75, 3.05) is 209 Å². The lowest BCUT2D eigenvalue weighted by atomic mass is 9.92. The highest BCUT2D eigenvalue weighted by Gasteiger charge is 2.39. The number of amides is 2. The first-order valence-corrected chi connectivity index (χ1v) is 29.0. The van der Waals surface area contributed by atoms with Crippen molar-refractivity contribution in [2.24, 2.45) is 11.1 Å². The second-order valence-corrected chi connectivity index (χ2v) is 20.9. The Labute approximate surface area is 474 Å². The summed E-state index contributed by atoms with van der Waals surface area (Å²) in [6.45, 7) is 19.7. The number of nitrogens with zero attached hydrogens (tertiary/aromatic N) is 6. The molecule has 2 saturated heterocycles. The number of carbonyl (C=O) groups excluding carboxylic acids is 2. The fourth-order valence-corrected chi connectivity index (χ4v) is 9.76. The number of aliphatic hydroxyl groups is 2. The molecule has 0 aliphatic carbocycles. The third-order valence-electron chi connectivity index (χ3n) is 13.3. The number of hydrogen-bond acceptors (Lipinski definition) is 23. The molecular weight excluding hydrogens is 1060 g/mol. The number of hydrogen-bond donors (Lipinski definition) is 5. The maximum Gasteiger partial charge on any atom is 0.321 e. The highest BCUT2D eigenvalue weighted by molar-refractivity contribution is 8.00. The smallest absolute Gasteiger partial charge is 0.321 e. The number of benzene rings is 1. The molecule has 0 radical (unpaired) electrons. The average molecular weight is 1160 g/mol. The molecule has 7 N–H and O–H groups in total. The van der Waals surface area contributed by atoms with Crippen LogP contribution in [0, 0.1) is 5.41 Å². The SMILES string of the molecule is CCOCc1nc2c(N)nc3cc(CCCN4CCN(CCOCCOCCOCCOCCOCCOCCOCCOCCOCCOCCN5C(=O)CC(SC[C@H](N)C(=O)O)C5=O)CC4)ccc3c2n1CC(C)(CO)CO. The van der Waals surface area contributed by atoms with Gasteiger partial charge in [0.25, 0.3) is 0 Å². The summed E-state index contributed by atoms with van der Waals surface area (Å²) in [4.78, 5) is 51.2. The molecule has 2 aromatic heterocycles. The van der Waals surface area contributed by atoms with E-state index in [1.807, 2.05) is 18.4 Å². The van der Waals surface area contributed by atoms with E-state index in [0.29, 0.717) is 156 Å². The second kappa shape index (κ2) is 38.9. The van der Waals surface area contributed by atoms with Crippen LogP contribution in [0.5, 0.6) is 0 Å². The Morgan fingerprint density at radius 2 is 1.18 bits per heavy atom. The molecule has 454 valence electrons. The van der Waals surface area contributed by atoms with Crippen molar-refractivity contribution >= 4 is 57.3 Å². The molecule has 1 aromatic carbocycles. The Balaban J connectivity index is 0.732. The number of likely N-dealkylation sites (tertiary alicyclic amines) is 1. The molecule has 2 aliphatic heterocycles. The molecule has 2 atom stereocenters. The minimum absolute atomic E-state index is 0.0295. The third-order valence-corrected chi connectivity index (χ3v) is 14.7. The monoisotopic (exact) mass is 1150 g/mol. The second-order valence-electron chi connectivity index (χ2n) is 19.7. The first-order valence-electron chi connectivity index (χ1n) is 28.0. The van der Waals surface area contributed by atoms with Gasteiger partial charge < -0.3 is 88.4 Å². The number of carboxylic acids is 1. The Morgan fingerprint density at radius 3 is 1.65 bits per heavy atom. The highest BCUT2D eigenvalue weighted by atomic mass is 32.2. The van der Waals surface area contributed by atoms with E-state index < -0.39 is 22.7 Å². The Hall–Kier alpha value is -3.78. The van der Waals surface area contributed by atoms with E-state index in [1.54, 1.807) is 0 Å². The van der Waals surface area contributed by atoms with Gasteiger partial charge in [0.15, 0.2) is 5.82 Å². The fraction of sp³-hybridized carbons (Fsp3) is 0.759. The van der Waals surface area contributed by atoms with Crippen LogP contribution in [0.4, 0.5) is 5.82 Å². The summed E-state index contributed by atoms with van der Waals surface area (Å²) in [5, 5.41) is 29.4. The molecule has 5 rings (SSSR count). The van der Waals surface area contributed by atoms with E-state index in [1.165, 1.54) is 5.56 Å². The first kappa shape index (κ1) is 67.0. The lowest BCUT2D eigenvalue weighted by molar-refractivity contribution is -0.140. The first-order chi connectivity index (χ1) is 39.0. The van der Waals surface area contributed by atoms with Gasteiger partial charge in [0.2, 0.25) is 11.8 Å². The van der Waals surface area contributed by atoms with Crippen molar-refractivity contribution in [3.8, 4) is 0 Å². The molecule has 3 aromatic rings. The number of anilines is 1. The van der Waals surface area contributed by atoms with Crippen molar-refractivity contribution in [2.45, 2.75) is 57.6 Å². The van der Waals surface area contributed by atoms with Gasteiger partial charge in [-0.05, 0) is 37.9 Å². The van der Waals surface area contributed by atoms with Gasteiger partial charge >= 0.3 is 5.97 Å². The Bertz CT molecular complexity index is 2220. The summed E-state index contributed by atoms with van der Waals surface area (Å²) in [5.41, 5.74) is 14.7. The number of ether oxygens (including phenoxy) is 11. The Morgan fingerprint density at radius 1 is 0.700 bits per heavy atom. The molecular formula is C54H90N8O17S. The van der Waals surface area contributed by atoms with Crippen molar-refractivity contribution < 1.29 is 81.8 Å². The van der Waals surface area contributed by atoms with Gasteiger partial charge in [0, 0.05) is 68.9 Å². The van der Waals surface area contributed by atoms with Gasteiger partial charge in [-0.1, -0.05) is 19.1 Å². The number of thioether (sulfide) groups is 1. The largest absolute Gasteiger partial charge is 0.480 e. The van der Waals surface area contributed by atoms with Crippen LogP contribution in [-0.2, 0) is 86.1 Å². The van der Waals surface area contributed by atoms with Gasteiger partial charge in [0.05, 0.1) is 168 Å². The molecule has 2 aliphatic rings. The van der Waals surface area contributed by atoms with E-state index >= 15 is 0 Å². The number of carbonyl (C=O) groups is 3. The molecule has 26 heteroatoms. The number of nitrogen functional groups attached to an aromatic ring is 1. The molecule has 80 heavy (non-hydrogen) atoms. The number of piperazine rings is 1. The fourth-order valence-electron chi connectivity index (χ4n) is 8.65. The number of aliphatic hydroxyl groups excluding tert-OH is 2. The zero-order chi connectivity index (χ0) is 57.2. The zero-order valence-corrected chi connectivity index (χ0v) is 48.0. The minimum atomic E-state index is -1.15. The predicted octanol–water partition coefficient (Wildman–Crippen LogP) is 0.683. The van der Waals surface area contributed by atoms with Crippen molar-refractivity contribution in [3.05, 3.63) is 29.6 Å². The number of imide groups is 1. The number of rotatable bonds is 48. The van der Waals surface area contributed by atoms with Gasteiger partial charge in [-0.2, -0.15) is 0 Å². The quantitative estimate of drug-likeness (QED) is 0.0384. The maximum atomic E-state index is 12.4. The standard InChI is InChI=1S/C54H90N8O17S/c1-3-69-37-47-58-49-50(62(47)39-54(2,40-63)41-64)43-7-6-42(35-45(43)57-51(49)56)5-4-8-59-9-11-60(12-10-59)13-15-70-17-19-72-21-23-74-25-27-76-29-31-78-33-34-79-32-30-77-28-26-75-24-22-73-20-18-71-16-14-61-48(65)36-46(52(61)66)80-38-44(55)53(67)68/h6-7,35,44,46,63-64H,3-5,8-34,36-41,55H2,1-2H3,(H2,56,57)(H,67,68)/t44-,46?/m0/s1. The summed E-state index contributed by atoms with van der Waals surface area (Å²) in [7, 11) is 0. The van der Waals surface area contributed by atoms with E-state index in [0.717, 1.165) is 85.2 Å². The van der Waals surface area contributed by atoms with E-state index in [-0.39, 0.29) is 57.0 Å². The number of carboxylic acid groups (broad SMARTS) is 1. The third kappa shape index (κ3) is 24.2. The normalized spacial score (nSPS) is 16.1. The Kier molecular flexibility index (Phi) is 32.6. The van der Waals surface area contributed by atoms with Crippen molar-refractivity contribution in [1.82, 2.24) is 29.2 Å². The number of aliphatic carboxylic acids is 1. The van der Waals surface area contributed by atoms with Crippen LogP contribution in [0.25, 0.3) is 21.9 Å². The number of aryl methyl sites for hydroxylation is 1. The lowest BCUT2D eigenvalue weighted by Crippen LogP contribution is -2.47. The molecule has 0 bridgehead atoms. The van der Waals surface area contributed by atoms with Crippen LogP contribution < -0.4 is 11.5 Å². The van der Waals surface area contributed by atoms with Gasteiger partial charge in [-0.25, -0.2) is 9.97 Å². The van der Waals surface area contributed by atoms with Crippen LogP contribution >= 0.6 is 11.8 Å². The molecule has 0 saturated carbocycles. The van der Waals surface area contributed by atoms with Crippen LogP contribution in [-0.4, -0.2) is 277 Å². The summed E-state index contributed by atoms with van der Waals surface area (Å²) >= 11 is 1.09. The van der Waals surface area contributed by atoms with Crippen LogP contribution in [0.1, 0.15) is 38.1 Å². The van der Waals surface area contributed by atoms with Gasteiger partial charge in [-0.3, -0.25) is 24.2 Å².